The number of methoxy groups -OCH3 is 2. The number of aliphatic hydroxyl groups is 2. The monoisotopic (exact) mass is 266 g/mol. The lowest BCUT2D eigenvalue weighted by atomic mass is 9.76. The van der Waals surface area contributed by atoms with Crippen molar-refractivity contribution in [3.05, 3.63) is 23.3 Å². The molecule has 0 saturated carbocycles. The van der Waals surface area contributed by atoms with Crippen LogP contribution in [0.5, 0.6) is 11.5 Å². The fraction of sp³-hybridized carbons (Fsp3) is 0.500. The molecular formula is C14H18O5. The predicted molar refractivity (Wildman–Crippen MR) is 68.5 cm³/mol. The molecule has 0 heterocycles. The minimum atomic E-state index is -1.55. The summed E-state index contributed by atoms with van der Waals surface area (Å²) in [4.78, 5) is 11.6. The van der Waals surface area contributed by atoms with Crippen molar-refractivity contribution >= 4 is 5.78 Å². The average Bonchev–Trinajstić information content (AvgIpc) is 2.37. The highest BCUT2D eigenvalue weighted by atomic mass is 16.5. The molecule has 0 radical (unpaired) electrons. The molecule has 0 fully saturated rings. The molecule has 0 saturated heterocycles. The first-order valence-electron chi connectivity index (χ1n) is 6.08. The van der Waals surface area contributed by atoms with E-state index in [2.05, 4.69) is 0 Å². The van der Waals surface area contributed by atoms with E-state index < -0.39 is 11.7 Å². The topological polar surface area (TPSA) is 76.0 Å². The standard InChI is InChI=1S/C14H18O5/c1-8(15)14(17)6-9-11(18-2)4-5-12(19-3)13(9)10(16)7-14/h4-5,10,16-17H,6-7H2,1-3H3/t10?,14-/m0/s1. The van der Waals surface area contributed by atoms with Crippen molar-refractivity contribution in [1.29, 1.82) is 0 Å². The van der Waals surface area contributed by atoms with Crippen molar-refractivity contribution in [2.45, 2.75) is 31.5 Å². The van der Waals surface area contributed by atoms with Gasteiger partial charge in [-0.25, -0.2) is 0 Å². The summed E-state index contributed by atoms with van der Waals surface area (Å²) in [5, 5.41) is 20.6. The summed E-state index contributed by atoms with van der Waals surface area (Å²) >= 11 is 0. The molecule has 104 valence electrons. The molecule has 0 aliphatic heterocycles. The normalized spacial score (nSPS) is 25.6. The number of fused-ring (bicyclic) bond motifs is 1. The first-order chi connectivity index (χ1) is 8.92. The maximum atomic E-state index is 11.6. The molecule has 1 aromatic carbocycles. The summed E-state index contributed by atoms with van der Waals surface area (Å²) in [7, 11) is 3.02. The van der Waals surface area contributed by atoms with Crippen LogP contribution in [0.25, 0.3) is 0 Å². The predicted octanol–water partition coefficient (Wildman–Crippen LogP) is 1.00. The van der Waals surface area contributed by atoms with Crippen LogP contribution < -0.4 is 9.47 Å². The molecule has 1 aliphatic rings. The van der Waals surface area contributed by atoms with Crippen LogP contribution >= 0.6 is 0 Å². The Morgan fingerprint density at radius 2 is 1.89 bits per heavy atom. The van der Waals surface area contributed by atoms with Crippen molar-refractivity contribution in [3.63, 3.8) is 0 Å². The van der Waals surface area contributed by atoms with Gasteiger partial charge in [0.1, 0.15) is 17.1 Å². The molecule has 5 nitrogen and oxygen atoms in total. The summed E-state index contributed by atoms with van der Waals surface area (Å²) in [6, 6.07) is 3.41. The Hall–Kier alpha value is -1.59. The lowest BCUT2D eigenvalue weighted by Crippen LogP contribution is -2.44. The van der Waals surface area contributed by atoms with E-state index in [9.17, 15) is 15.0 Å². The second-order valence-corrected chi connectivity index (χ2v) is 4.85. The van der Waals surface area contributed by atoms with E-state index in [1.807, 2.05) is 0 Å². The van der Waals surface area contributed by atoms with Crippen molar-refractivity contribution in [2.75, 3.05) is 14.2 Å². The maximum Gasteiger partial charge on any atom is 0.161 e. The van der Waals surface area contributed by atoms with E-state index in [0.717, 1.165) is 0 Å². The van der Waals surface area contributed by atoms with Gasteiger partial charge in [-0.3, -0.25) is 4.79 Å². The first-order valence-corrected chi connectivity index (χ1v) is 6.08. The third-order valence-corrected chi connectivity index (χ3v) is 3.70. The van der Waals surface area contributed by atoms with Gasteiger partial charge in [-0.15, -0.1) is 0 Å². The van der Waals surface area contributed by atoms with Crippen LogP contribution in [0.2, 0.25) is 0 Å². The summed E-state index contributed by atoms with van der Waals surface area (Å²) in [6.07, 6.45) is -0.865. The van der Waals surface area contributed by atoms with Gasteiger partial charge in [0, 0.05) is 24.0 Å². The zero-order valence-electron chi connectivity index (χ0n) is 11.3. The Morgan fingerprint density at radius 3 is 2.42 bits per heavy atom. The van der Waals surface area contributed by atoms with Crippen LogP contribution in [0.15, 0.2) is 12.1 Å². The summed E-state index contributed by atoms with van der Waals surface area (Å²) in [5.74, 6) is 0.713. The molecule has 0 bridgehead atoms. The second kappa shape index (κ2) is 4.83. The number of benzene rings is 1. The number of aliphatic hydroxyl groups excluding tert-OH is 1. The second-order valence-electron chi connectivity index (χ2n) is 4.85. The molecule has 1 aliphatic carbocycles. The molecule has 0 amide bonds. The Morgan fingerprint density at radius 1 is 1.32 bits per heavy atom. The Labute approximate surface area is 111 Å². The van der Waals surface area contributed by atoms with Crippen LogP contribution in [0.4, 0.5) is 0 Å². The molecule has 2 N–H and O–H groups in total. The highest BCUT2D eigenvalue weighted by Gasteiger charge is 2.43. The number of ether oxygens (including phenoxy) is 2. The number of carbonyl (C=O) groups excluding carboxylic acids is 1. The molecule has 2 atom stereocenters. The number of Topliss-reactive ketones (excluding diaryl/α,β-unsaturated/α-hetero) is 1. The smallest absolute Gasteiger partial charge is 0.161 e. The van der Waals surface area contributed by atoms with E-state index in [0.29, 0.717) is 22.6 Å². The summed E-state index contributed by atoms with van der Waals surface area (Å²) < 4.78 is 10.5. The van der Waals surface area contributed by atoms with Crippen LogP contribution in [0, 0.1) is 0 Å². The quantitative estimate of drug-likeness (QED) is 0.853. The van der Waals surface area contributed by atoms with Gasteiger partial charge in [0.05, 0.1) is 20.3 Å². The van der Waals surface area contributed by atoms with E-state index >= 15 is 0 Å². The molecule has 1 aromatic rings. The Kier molecular flexibility index (Phi) is 3.52. The van der Waals surface area contributed by atoms with Gasteiger partial charge in [-0.05, 0) is 19.1 Å². The van der Waals surface area contributed by atoms with Crippen molar-refractivity contribution in [3.8, 4) is 11.5 Å². The fourth-order valence-corrected chi connectivity index (χ4v) is 2.59. The Bertz CT molecular complexity index is 511. The third-order valence-electron chi connectivity index (χ3n) is 3.70. The van der Waals surface area contributed by atoms with Gasteiger partial charge < -0.3 is 19.7 Å². The van der Waals surface area contributed by atoms with Gasteiger partial charge in [-0.1, -0.05) is 0 Å². The highest BCUT2D eigenvalue weighted by molar-refractivity contribution is 5.86. The highest BCUT2D eigenvalue weighted by Crippen LogP contribution is 2.44. The molecule has 0 aromatic heterocycles. The average molecular weight is 266 g/mol. The number of hydrogen-bond donors (Lipinski definition) is 2. The van der Waals surface area contributed by atoms with Crippen LogP contribution in [-0.2, 0) is 11.2 Å². The number of rotatable bonds is 3. The molecule has 0 spiro atoms. The molecule has 2 rings (SSSR count). The molecular weight excluding hydrogens is 248 g/mol. The molecule has 19 heavy (non-hydrogen) atoms. The number of ketones is 1. The van der Waals surface area contributed by atoms with Gasteiger partial charge in [0.25, 0.3) is 0 Å². The summed E-state index contributed by atoms with van der Waals surface area (Å²) in [6.45, 7) is 1.32. The number of carbonyl (C=O) groups is 1. The van der Waals surface area contributed by atoms with E-state index in [4.69, 9.17) is 9.47 Å². The van der Waals surface area contributed by atoms with Crippen LogP contribution in [0.1, 0.15) is 30.6 Å². The van der Waals surface area contributed by atoms with Crippen molar-refractivity contribution < 1.29 is 24.5 Å². The SMILES string of the molecule is COc1ccc(OC)c2c1C[C@@](O)(C(C)=O)CC2O. The van der Waals surface area contributed by atoms with Crippen molar-refractivity contribution in [1.82, 2.24) is 0 Å². The van der Waals surface area contributed by atoms with Gasteiger partial charge in [0.15, 0.2) is 5.78 Å². The van der Waals surface area contributed by atoms with E-state index in [-0.39, 0.29) is 18.6 Å². The maximum absolute atomic E-state index is 11.6. The lowest BCUT2D eigenvalue weighted by Gasteiger charge is -2.35. The van der Waals surface area contributed by atoms with Crippen molar-refractivity contribution in [2.24, 2.45) is 0 Å². The fourth-order valence-electron chi connectivity index (χ4n) is 2.59. The minimum absolute atomic E-state index is 0.0289. The Balaban J connectivity index is 2.60. The van der Waals surface area contributed by atoms with E-state index in [1.54, 1.807) is 12.1 Å². The zero-order chi connectivity index (χ0) is 14.2. The van der Waals surface area contributed by atoms with Gasteiger partial charge in [0.2, 0.25) is 0 Å². The lowest BCUT2D eigenvalue weighted by molar-refractivity contribution is -0.139. The van der Waals surface area contributed by atoms with Gasteiger partial charge in [-0.2, -0.15) is 0 Å². The zero-order valence-corrected chi connectivity index (χ0v) is 11.3. The summed E-state index contributed by atoms with van der Waals surface area (Å²) in [5.41, 5.74) is -0.336. The van der Waals surface area contributed by atoms with Crippen LogP contribution in [0.3, 0.4) is 0 Å². The number of hydrogen-bond acceptors (Lipinski definition) is 5. The molecule has 1 unspecified atom stereocenters. The van der Waals surface area contributed by atoms with Gasteiger partial charge >= 0.3 is 0 Å². The largest absolute Gasteiger partial charge is 0.496 e. The van der Waals surface area contributed by atoms with Crippen LogP contribution in [-0.4, -0.2) is 35.8 Å². The van der Waals surface area contributed by atoms with E-state index in [1.165, 1.54) is 21.1 Å². The first kappa shape index (κ1) is 13.8. The third kappa shape index (κ3) is 2.19. The minimum Gasteiger partial charge on any atom is -0.496 e. The molecule has 5 heteroatoms.